The third-order valence-electron chi connectivity index (χ3n) is 3.88. The molecule has 7 nitrogen and oxygen atoms in total. The van der Waals surface area contributed by atoms with Crippen molar-refractivity contribution in [2.24, 2.45) is 5.92 Å². The Morgan fingerprint density at radius 2 is 1.84 bits per heavy atom. The molecule has 144 valence electrons. The quantitative estimate of drug-likeness (QED) is 0.648. The van der Waals surface area contributed by atoms with Gasteiger partial charge in [-0.2, -0.15) is 0 Å². The van der Waals surface area contributed by atoms with Crippen LogP contribution in [0.2, 0.25) is 0 Å². The Kier molecular flexibility index (Phi) is 8.35. The fraction of sp³-hybridized carbons (Fsp3) is 0.833. The Morgan fingerprint density at radius 1 is 1.16 bits per heavy atom. The lowest BCUT2D eigenvalue weighted by atomic mass is 9.95. The first-order chi connectivity index (χ1) is 11.6. The highest BCUT2D eigenvalue weighted by molar-refractivity contribution is 5.73. The van der Waals surface area contributed by atoms with Gasteiger partial charge >= 0.3 is 11.9 Å². The number of amides is 1. The van der Waals surface area contributed by atoms with E-state index >= 15 is 0 Å². The van der Waals surface area contributed by atoms with Crippen molar-refractivity contribution in [2.75, 3.05) is 26.3 Å². The molecule has 1 heterocycles. The number of hydrogen-bond acceptors (Lipinski definition) is 6. The van der Waals surface area contributed by atoms with Crippen LogP contribution >= 0.6 is 0 Å². The molecule has 0 spiro atoms. The van der Waals surface area contributed by atoms with Gasteiger partial charge in [-0.25, -0.2) is 0 Å². The van der Waals surface area contributed by atoms with Crippen molar-refractivity contribution in [3.05, 3.63) is 0 Å². The van der Waals surface area contributed by atoms with Gasteiger partial charge in [0.2, 0.25) is 5.91 Å². The molecule has 1 aliphatic rings. The molecule has 0 N–H and O–H groups in total. The molecule has 0 aromatic carbocycles. The summed E-state index contributed by atoms with van der Waals surface area (Å²) < 4.78 is 16.0. The van der Waals surface area contributed by atoms with Crippen LogP contribution in [-0.4, -0.2) is 60.8 Å². The van der Waals surface area contributed by atoms with Gasteiger partial charge in [-0.15, -0.1) is 0 Å². The maximum absolute atomic E-state index is 11.9. The van der Waals surface area contributed by atoms with Crippen molar-refractivity contribution in [3.63, 3.8) is 0 Å². The maximum Gasteiger partial charge on any atom is 0.306 e. The lowest BCUT2D eigenvalue weighted by Gasteiger charge is -2.32. The highest BCUT2D eigenvalue weighted by Gasteiger charge is 2.27. The Bertz CT molecular complexity index is 463. The molecule has 1 rings (SSSR count). The van der Waals surface area contributed by atoms with E-state index in [1.165, 1.54) is 13.8 Å². The minimum absolute atomic E-state index is 0.0592. The van der Waals surface area contributed by atoms with E-state index in [9.17, 15) is 14.4 Å². The first kappa shape index (κ1) is 21.4. The molecule has 1 fully saturated rings. The summed E-state index contributed by atoms with van der Waals surface area (Å²) in [4.78, 5) is 36.0. The maximum atomic E-state index is 11.9. The molecule has 0 radical (unpaired) electrons. The van der Waals surface area contributed by atoms with Crippen LogP contribution in [0.4, 0.5) is 0 Å². The molecule has 0 aromatic heterocycles. The molecular formula is C18H31NO6. The molecule has 25 heavy (non-hydrogen) atoms. The van der Waals surface area contributed by atoms with Gasteiger partial charge in [0, 0.05) is 20.4 Å². The molecule has 2 atom stereocenters. The molecule has 7 heteroatoms. The summed E-state index contributed by atoms with van der Waals surface area (Å²) in [6.45, 7) is 9.88. The lowest BCUT2D eigenvalue weighted by Crippen LogP contribution is -2.42. The minimum Gasteiger partial charge on any atom is -0.464 e. The average Bonchev–Trinajstić information content (AvgIpc) is 2.45. The van der Waals surface area contributed by atoms with Crippen LogP contribution in [0, 0.1) is 5.92 Å². The number of esters is 2. The first-order valence-corrected chi connectivity index (χ1v) is 8.79. The lowest BCUT2D eigenvalue weighted by molar-refractivity contribution is -0.158. The summed E-state index contributed by atoms with van der Waals surface area (Å²) in [6, 6.07) is 0. The van der Waals surface area contributed by atoms with Gasteiger partial charge in [0.15, 0.2) is 0 Å². The summed E-state index contributed by atoms with van der Waals surface area (Å²) in [7, 11) is 0. The van der Waals surface area contributed by atoms with Gasteiger partial charge in [0.05, 0.1) is 25.7 Å². The van der Waals surface area contributed by atoms with Crippen LogP contribution in [0.3, 0.4) is 0 Å². The second-order valence-corrected chi connectivity index (χ2v) is 7.49. The zero-order valence-corrected chi connectivity index (χ0v) is 16.0. The van der Waals surface area contributed by atoms with E-state index in [0.717, 1.165) is 12.8 Å². The van der Waals surface area contributed by atoms with Crippen LogP contribution < -0.4 is 0 Å². The topological polar surface area (TPSA) is 82.1 Å². The van der Waals surface area contributed by atoms with Crippen LogP contribution in [-0.2, 0) is 28.6 Å². The summed E-state index contributed by atoms with van der Waals surface area (Å²) >= 11 is 0. The zero-order valence-electron chi connectivity index (χ0n) is 16.0. The predicted octanol–water partition coefficient (Wildman–Crippen LogP) is 1.92. The largest absolute Gasteiger partial charge is 0.464 e. The third kappa shape index (κ3) is 9.43. The van der Waals surface area contributed by atoms with Gasteiger partial charge in [0.1, 0.15) is 12.2 Å². The van der Waals surface area contributed by atoms with E-state index in [1.807, 2.05) is 20.8 Å². The van der Waals surface area contributed by atoms with E-state index < -0.39 is 5.60 Å². The molecule has 1 saturated heterocycles. The first-order valence-electron chi connectivity index (χ1n) is 8.79. The molecule has 0 aromatic rings. The number of nitrogens with zero attached hydrogens (tertiary/aromatic N) is 1. The second kappa shape index (κ2) is 9.75. The van der Waals surface area contributed by atoms with E-state index in [1.54, 1.807) is 4.90 Å². The van der Waals surface area contributed by atoms with Gasteiger partial charge in [-0.05, 0) is 39.5 Å². The minimum atomic E-state index is -0.473. The van der Waals surface area contributed by atoms with Gasteiger partial charge in [-0.1, -0.05) is 0 Å². The molecule has 0 saturated carbocycles. The van der Waals surface area contributed by atoms with Crippen molar-refractivity contribution in [1.29, 1.82) is 0 Å². The van der Waals surface area contributed by atoms with E-state index in [2.05, 4.69) is 0 Å². The smallest absolute Gasteiger partial charge is 0.306 e. The summed E-state index contributed by atoms with van der Waals surface area (Å²) in [5, 5.41) is 0. The second-order valence-electron chi connectivity index (χ2n) is 7.49. The third-order valence-corrected chi connectivity index (χ3v) is 3.88. The monoisotopic (exact) mass is 357 g/mol. The fourth-order valence-corrected chi connectivity index (χ4v) is 2.71. The number of rotatable bonds is 7. The summed E-state index contributed by atoms with van der Waals surface area (Å²) in [5.41, 5.74) is -0.473. The van der Waals surface area contributed by atoms with Crippen LogP contribution in [0.25, 0.3) is 0 Å². The highest BCUT2D eigenvalue weighted by Crippen LogP contribution is 2.23. The molecule has 0 unspecified atom stereocenters. The number of carbonyl (C=O) groups excluding carboxylic acids is 3. The van der Waals surface area contributed by atoms with Gasteiger partial charge in [0.25, 0.3) is 0 Å². The van der Waals surface area contributed by atoms with Crippen LogP contribution in [0.15, 0.2) is 0 Å². The Hall–Kier alpha value is -1.63. The Balaban J connectivity index is 2.35. The van der Waals surface area contributed by atoms with E-state index in [-0.39, 0.29) is 36.5 Å². The number of carbonyl (C=O) groups is 3. The fourth-order valence-electron chi connectivity index (χ4n) is 2.71. The van der Waals surface area contributed by atoms with Gasteiger partial charge in [-0.3, -0.25) is 14.4 Å². The Labute approximate surface area is 150 Å². The molecular weight excluding hydrogens is 326 g/mol. The van der Waals surface area contributed by atoms with Crippen molar-refractivity contribution in [2.45, 2.75) is 65.6 Å². The van der Waals surface area contributed by atoms with Crippen molar-refractivity contribution in [3.8, 4) is 0 Å². The number of hydrogen-bond donors (Lipinski definition) is 0. The van der Waals surface area contributed by atoms with Crippen LogP contribution in [0.5, 0.6) is 0 Å². The van der Waals surface area contributed by atoms with Crippen molar-refractivity contribution < 1.29 is 28.6 Å². The van der Waals surface area contributed by atoms with E-state index in [0.29, 0.717) is 26.1 Å². The zero-order chi connectivity index (χ0) is 19.0. The van der Waals surface area contributed by atoms with Crippen molar-refractivity contribution in [1.82, 2.24) is 4.90 Å². The summed E-state index contributed by atoms with van der Waals surface area (Å²) in [5.74, 6) is -0.488. The highest BCUT2D eigenvalue weighted by atomic mass is 16.6. The van der Waals surface area contributed by atoms with E-state index in [4.69, 9.17) is 14.2 Å². The van der Waals surface area contributed by atoms with Crippen LogP contribution in [0.1, 0.15) is 53.9 Å². The average molecular weight is 357 g/mol. The standard InChI is InChI=1S/C18H31NO6/c1-13(20)19(8-9-23-14(2)21)11-16-7-6-15(12-24-16)10-17(22)25-18(3,4)5/h15-16H,6-12H2,1-5H3/t15-,16-/m0/s1. The normalized spacial score (nSPS) is 20.7. The predicted molar refractivity (Wildman–Crippen MR) is 91.8 cm³/mol. The SMILES string of the molecule is CC(=O)OCCN(C[C@@H]1CC[C@@H](CC(=O)OC(C)(C)C)CO1)C(C)=O. The van der Waals surface area contributed by atoms with Gasteiger partial charge < -0.3 is 19.1 Å². The molecule has 1 amide bonds. The molecule has 0 bridgehead atoms. The summed E-state index contributed by atoms with van der Waals surface area (Å²) in [6.07, 6.45) is 1.94. The number of ether oxygens (including phenoxy) is 3. The van der Waals surface area contributed by atoms with Crippen molar-refractivity contribution >= 4 is 17.8 Å². The Morgan fingerprint density at radius 3 is 2.32 bits per heavy atom. The molecule has 1 aliphatic heterocycles. The molecule has 0 aliphatic carbocycles.